The van der Waals surface area contributed by atoms with Gasteiger partial charge >= 0.3 is 12.4 Å². The molecule has 0 amide bonds. The molecule has 1 saturated carbocycles. The van der Waals surface area contributed by atoms with E-state index in [1.54, 1.807) is 30.6 Å². The Labute approximate surface area is 191 Å². The monoisotopic (exact) mass is 468 g/mol. The Balaban J connectivity index is 1.32. The Morgan fingerprint density at radius 2 is 1.79 bits per heavy atom. The van der Waals surface area contributed by atoms with Gasteiger partial charge in [-0.3, -0.25) is 4.79 Å². The molecule has 0 bridgehead atoms. The SMILES string of the molecule is O=c1c2cc(-c3ccc(OC(F)(F)F)cc3)ccc2cnn1CCOc1nccc(C2CC2)n1. The fourth-order valence-corrected chi connectivity index (χ4v) is 3.62. The zero-order chi connectivity index (χ0) is 23.7. The van der Waals surface area contributed by atoms with Crippen LogP contribution in [-0.2, 0) is 6.54 Å². The number of benzene rings is 2. The molecule has 0 N–H and O–H groups in total. The van der Waals surface area contributed by atoms with E-state index in [1.165, 1.54) is 28.9 Å². The van der Waals surface area contributed by atoms with Gasteiger partial charge in [0.1, 0.15) is 12.4 Å². The van der Waals surface area contributed by atoms with Gasteiger partial charge in [-0.1, -0.05) is 24.3 Å². The van der Waals surface area contributed by atoms with Crippen LogP contribution in [-0.4, -0.2) is 32.7 Å². The van der Waals surface area contributed by atoms with Gasteiger partial charge in [-0.25, -0.2) is 9.67 Å². The summed E-state index contributed by atoms with van der Waals surface area (Å²) in [6, 6.07) is 12.9. The Hall–Kier alpha value is -3.95. The van der Waals surface area contributed by atoms with Gasteiger partial charge < -0.3 is 9.47 Å². The van der Waals surface area contributed by atoms with E-state index in [2.05, 4.69) is 19.8 Å². The van der Waals surface area contributed by atoms with Gasteiger partial charge in [0.05, 0.1) is 23.8 Å². The van der Waals surface area contributed by atoms with Crippen LogP contribution in [0.3, 0.4) is 0 Å². The van der Waals surface area contributed by atoms with Crippen molar-refractivity contribution >= 4 is 10.8 Å². The predicted octanol–water partition coefficient (Wildman–Crippen LogP) is 4.71. The Morgan fingerprint density at radius 3 is 2.53 bits per heavy atom. The second-order valence-electron chi connectivity index (χ2n) is 7.93. The number of fused-ring (bicyclic) bond motifs is 1. The minimum atomic E-state index is -4.75. The van der Waals surface area contributed by atoms with E-state index >= 15 is 0 Å². The maximum absolute atomic E-state index is 13.0. The first kappa shape index (κ1) is 21.9. The van der Waals surface area contributed by atoms with Crippen molar-refractivity contribution in [2.24, 2.45) is 0 Å². The number of alkyl halides is 3. The molecule has 4 aromatic rings. The number of hydrogen-bond acceptors (Lipinski definition) is 6. The summed E-state index contributed by atoms with van der Waals surface area (Å²) in [4.78, 5) is 21.5. The molecule has 2 aromatic heterocycles. The fourth-order valence-electron chi connectivity index (χ4n) is 3.62. The van der Waals surface area contributed by atoms with E-state index in [4.69, 9.17) is 4.74 Å². The van der Waals surface area contributed by atoms with Crippen LogP contribution in [0.15, 0.2) is 65.7 Å². The summed E-state index contributed by atoms with van der Waals surface area (Å²) in [5, 5.41) is 5.30. The lowest BCUT2D eigenvalue weighted by molar-refractivity contribution is -0.274. The van der Waals surface area contributed by atoms with Crippen LogP contribution in [0.5, 0.6) is 11.8 Å². The van der Waals surface area contributed by atoms with Gasteiger partial charge in [0.25, 0.3) is 5.56 Å². The van der Waals surface area contributed by atoms with Crippen LogP contribution in [0.1, 0.15) is 24.5 Å². The van der Waals surface area contributed by atoms with Crippen molar-refractivity contribution < 1.29 is 22.6 Å². The summed E-state index contributed by atoms with van der Waals surface area (Å²) in [7, 11) is 0. The van der Waals surface area contributed by atoms with Gasteiger partial charge in [0.15, 0.2) is 0 Å². The van der Waals surface area contributed by atoms with E-state index in [0.29, 0.717) is 27.8 Å². The summed E-state index contributed by atoms with van der Waals surface area (Å²) >= 11 is 0. The van der Waals surface area contributed by atoms with E-state index in [0.717, 1.165) is 18.5 Å². The third-order valence-corrected chi connectivity index (χ3v) is 5.46. The molecule has 1 aliphatic rings. The maximum Gasteiger partial charge on any atom is 0.573 e. The molecule has 0 unspecified atom stereocenters. The predicted molar refractivity (Wildman–Crippen MR) is 118 cm³/mol. The van der Waals surface area contributed by atoms with Crippen molar-refractivity contribution in [3.8, 4) is 22.9 Å². The van der Waals surface area contributed by atoms with Gasteiger partial charge in [-0.2, -0.15) is 10.1 Å². The zero-order valence-electron chi connectivity index (χ0n) is 17.8. The number of nitrogens with zero attached hydrogens (tertiary/aromatic N) is 4. The minimum Gasteiger partial charge on any atom is -0.461 e. The molecule has 10 heteroatoms. The Kier molecular flexibility index (Phi) is 5.64. The Bertz CT molecular complexity index is 1380. The lowest BCUT2D eigenvalue weighted by Crippen LogP contribution is -2.25. The second-order valence-corrected chi connectivity index (χ2v) is 7.93. The van der Waals surface area contributed by atoms with Crippen molar-refractivity contribution in [2.75, 3.05) is 6.61 Å². The van der Waals surface area contributed by atoms with Crippen molar-refractivity contribution in [1.29, 1.82) is 0 Å². The molecule has 2 heterocycles. The summed E-state index contributed by atoms with van der Waals surface area (Å²) in [5.74, 6) is 0.174. The van der Waals surface area contributed by atoms with E-state index in [-0.39, 0.29) is 30.5 Å². The number of halogens is 3. The molecule has 2 aromatic carbocycles. The quantitative estimate of drug-likeness (QED) is 0.391. The van der Waals surface area contributed by atoms with Crippen molar-refractivity contribution in [3.05, 3.63) is 77.0 Å². The van der Waals surface area contributed by atoms with Gasteiger partial charge in [0.2, 0.25) is 0 Å². The zero-order valence-corrected chi connectivity index (χ0v) is 17.8. The van der Waals surface area contributed by atoms with Crippen LogP contribution in [0.2, 0.25) is 0 Å². The van der Waals surface area contributed by atoms with E-state index in [1.807, 2.05) is 6.07 Å². The molecule has 174 valence electrons. The summed E-state index contributed by atoms with van der Waals surface area (Å²) < 4.78 is 48.0. The molecule has 0 spiro atoms. The third-order valence-electron chi connectivity index (χ3n) is 5.46. The molecule has 0 radical (unpaired) electrons. The molecule has 1 fully saturated rings. The van der Waals surface area contributed by atoms with Crippen LogP contribution < -0.4 is 15.0 Å². The van der Waals surface area contributed by atoms with E-state index < -0.39 is 6.36 Å². The average molecular weight is 468 g/mol. The third kappa shape index (κ3) is 5.00. The largest absolute Gasteiger partial charge is 0.573 e. The lowest BCUT2D eigenvalue weighted by Gasteiger charge is -2.10. The number of ether oxygens (including phenoxy) is 2. The number of rotatable bonds is 7. The lowest BCUT2D eigenvalue weighted by atomic mass is 10.0. The smallest absolute Gasteiger partial charge is 0.461 e. The highest BCUT2D eigenvalue weighted by molar-refractivity contribution is 5.86. The van der Waals surface area contributed by atoms with Gasteiger partial charge in [0, 0.05) is 17.5 Å². The van der Waals surface area contributed by atoms with Crippen LogP contribution in [0, 0.1) is 0 Å². The summed E-state index contributed by atoms with van der Waals surface area (Å²) in [6.07, 6.45) is 0.754. The van der Waals surface area contributed by atoms with Crippen LogP contribution in [0.25, 0.3) is 21.9 Å². The summed E-state index contributed by atoms with van der Waals surface area (Å²) in [5.41, 5.74) is 2.00. The van der Waals surface area contributed by atoms with Crippen LogP contribution >= 0.6 is 0 Å². The first-order valence-corrected chi connectivity index (χ1v) is 10.7. The van der Waals surface area contributed by atoms with Crippen molar-refractivity contribution in [3.63, 3.8) is 0 Å². The van der Waals surface area contributed by atoms with Crippen molar-refractivity contribution in [1.82, 2.24) is 19.7 Å². The highest BCUT2D eigenvalue weighted by Gasteiger charge is 2.31. The normalized spacial score (nSPS) is 13.7. The molecule has 1 aliphatic carbocycles. The number of aromatic nitrogens is 4. The standard InChI is InChI=1S/C24H19F3N4O3/c25-24(26,27)34-19-7-5-15(6-8-19)17-3-4-18-14-29-31(22(32)20(18)13-17)11-12-33-23-28-10-9-21(30-23)16-1-2-16/h3-10,13-14,16H,1-2,11-12H2. The summed E-state index contributed by atoms with van der Waals surface area (Å²) in [6.45, 7) is 0.381. The topological polar surface area (TPSA) is 79.1 Å². The highest BCUT2D eigenvalue weighted by atomic mass is 19.4. The maximum atomic E-state index is 13.0. The molecular formula is C24H19F3N4O3. The first-order chi connectivity index (χ1) is 16.4. The molecule has 0 saturated heterocycles. The molecular weight excluding hydrogens is 449 g/mol. The molecule has 5 rings (SSSR count). The van der Waals surface area contributed by atoms with Crippen molar-refractivity contribution in [2.45, 2.75) is 31.7 Å². The first-order valence-electron chi connectivity index (χ1n) is 10.7. The minimum absolute atomic E-state index is 0.174. The molecule has 7 nitrogen and oxygen atoms in total. The molecule has 34 heavy (non-hydrogen) atoms. The highest BCUT2D eigenvalue weighted by Crippen LogP contribution is 2.39. The number of hydrogen-bond donors (Lipinski definition) is 0. The second kappa shape index (κ2) is 8.77. The molecule has 0 atom stereocenters. The fraction of sp³-hybridized carbons (Fsp3) is 0.250. The van der Waals surface area contributed by atoms with Gasteiger partial charge in [-0.05, 0) is 48.2 Å². The Morgan fingerprint density at radius 1 is 1.03 bits per heavy atom. The van der Waals surface area contributed by atoms with Crippen LogP contribution in [0.4, 0.5) is 13.2 Å². The van der Waals surface area contributed by atoms with Gasteiger partial charge in [-0.15, -0.1) is 13.2 Å². The molecule has 0 aliphatic heterocycles. The average Bonchev–Trinajstić information content (AvgIpc) is 3.66. The van der Waals surface area contributed by atoms with E-state index in [9.17, 15) is 18.0 Å².